The molecule has 0 bridgehead atoms. The summed E-state index contributed by atoms with van der Waals surface area (Å²) in [5.74, 6) is 1.15. The van der Waals surface area contributed by atoms with Gasteiger partial charge in [-0.15, -0.1) is 0 Å². The van der Waals surface area contributed by atoms with Gasteiger partial charge in [-0.2, -0.15) is 4.98 Å². The monoisotopic (exact) mass is 300 g/mol. The van der Waals surface area contributed by atoms with Crippen LogP contribution in [0.4, 0.5) is 11.8 Å². The van der Waals surface area contributed by atoms with Gasteiger partial charge in [0.05, 0.1) is 0 Å². The third kappa shape index (κ3) is 2.31. The fourth-order valence-electron chi connectivity index (χ4n) is 1.98. The van der Waals surface area contributed by atoms with Gasteiger partial charge in [0.25, 0.3) is 0 Å². The quantitative estimate of drug-likeness (QED) is 0.496. The van der Waals surface area contributed by atoms with E-state index in [-0.39, 0.29) is 0 Å². The molecule has 0 amide bonds. The second kappa shape index (κ2) is 4.06. The zero-order valence-corrected chi connectivity index (χ0v) is 11.9. The van der Waals surface area contributed by atoms with Crippen LogP contribution >= 0.6 is 19.2 Å². The number of nitrogens with zero attached hydrogens (tertiary/aromatic N) is 5. The molecule has 9 heteroatoms. The minimum atomic E-state index is -2.70. The number of halogens is 1. The molecule has 7 nitrogen and oxygen atoms in total. The second-order valence-corrected chi connectivity index (χ2v) is 7.75. The molecule has 0 atom stereocenters. The molecule has 0 aliphatic carbocycles. The molecule has 3 saturated heterocycles. The number of anilines is 2. The van der Waals surface area contributed by atoms with E-state index in [1.807, 2.05) is 9.34 Å². The maximum Gasteiger partial charge on any atom is 0.311 e. The smallest absolute Gasteiger partial charge is 0.311 e. The Bertz CT molecular complexity index is 555. The molecule has 3 fully saturated rings. The van der Waals surface area contributed by atoms with E-state index in [0.717, 1.165) is 45.1 Å². The van der Waals surface area contributed by atoms with E-state index in [2.05, 4.69) is 20.0 Å². The Balaban J connectivity index is 1.62. The molecule has 3 aliphatic heterocycles. The average molecular weight is 301 g/mol. The zero-order valence-electron chi connectivity index (χ0n) is 10.3. The van der Waals surface area contributed by atoms with Gasteiger partial charge in [-0.25, -0.2) is 14.3 Å². The Hall–Kier alpha value is -0.880. The maximum atomic E-state index is 12.9. The Morgan fingerprint density at radius 2 is 1.74 bits per heavy atom. The molecule has 0 aromatic carbocycles. The van der Waals surface area contributed by atoms with Crippen molar-refractivity contribution in [2.24, 2.45) is 0 Å². The molecule has 4 heterocycles. The fraction of sp³-hybridized carbons (Fsp3) is 0.600. The molecule has 3 aliphatic rings. The molecule has 0 spiro atoms. The molecular formula is C10H14ClN6OP. The summed E-state index contributed by atoms with van der Waals surface area (Å²) in [6.45, 7) is 5.42. The Labute approximate surface area is 116 Å². The van der Waals surface area contributed by atoms with Crippen molar-refractivity contribution in [1.29, 1.82) is 0 Å². The van der Waals surface area contributed by atoms with Crippen LogP contribution in [0.25, 0.3) is 0 Å². The van der Waals surface area contributed by atoms with Crippen molar-refractivity contribution in [2.45, 2.75) is 0 Å². The first-order valence-corrected chi connectivity index (χ1v) is 8.33. The molecule has 0 saturated carbocycles. The van der Waals surface area contributed by atoms with Gasteiger partial charge in [-0.05, 0) is 0 Å². The van der Waals surface area contributed by atoms with Crippen molar-refractivity contribution in [2.75, 3.05) is 49.3 Å². The van der Waals surface area contributed by atoms with Gasteiger partial charge < -0.3 is 4.90 Å². The van der Waals surface area contributed by atoms with E-state index in [1.165, 1.54) is 0 Å². The van der Waals surface area contributed by atoms with Gasteiger partial charge in [0.2, 0.25) is 5.95 Å². The molecular weight excluding hydrogens is 287 g/mol. The lowest BCUT2D eigenvalue weighted by molar-refractivity contribution is 0.523. The lowest BCUT2D eigenvalue weighted by atomic mass is 10.6. The molecule has 4 rings (SSSR count). The zero-order chi connectivity index (χ0) is 13.0. The maximum absolute atomic E-state index is 12.9. The lowest BCUT2D eigenvalue weighted by Gasteiger charge is -2.21. The van der Waals surface area contributed by atoms with Crippen LogP contribution in [0.5, 0.6) is 0 Å². The minimum absolute atomic E-state index is 0.358. The van der Waals surface area contributed by atoms with Crippen LogP contribution in [-0.2, 0) is 4.57 Å². The van der Waals surface area contributed by atoms with Crippen LogP contribution in [0.3, 0.4) is 0 Å². The highest BCUT2D eigenvalue weighted by Crippen LogP contribution is 2.59. The van der Waals surface area contributed by atoms with Gasteiger partial charge in [-0.1, -0.05) is 11.6 Å². The summed E-state index contributed by atoms with van der Waals surface area (Å²) in [5, 5.41) is 3.39. The Morgan fingerprint density at radius 1 is 1.11 bits per heavy atom. The number of nitrogens with one attached hydrogen (secondary N) is 1. The van der Waals surface area contributed by atoms with E-state index < -0.39 is 7.59 Å². The number of hydrogen-bond donors (Lipinski definition) is 1. The molecule has 1 aromatic rings. The van der Waals surface area contributed by atoms with Crippen LogP contribution in [0.2, 0.25) is 5.15 Å². The van der Waals surface area contributed by atoms with Crippen LogP contribution < -0.4 is 9.99 Å². The lowest BCUT2D eigenvalue weighted by Crippen LogP contribution is -2.14. The summed E-state index contributed by atoms with van der Waals surface area (Å²) in [7, 11) is -2.70. The molecule has 102 valence electrons. The molecule has 0 radical (unpaired) electrons. The third-order valence-corrected chi connectivity index (χ3v) is 6.33. The van der Waals surface area contributed by atoms with E-state index in [9.17, 15) is 4.57 Å². The molecule has 1 aromatic heterocycles. The summed E-state index contributed by atoms with van der Waals surface area (Å²) in [5.41, 5.74) is 0. The van der Waals surface area contributed by atoms with Gasteiger partial charge >= 0.3 is 7.59 Å². The highest BCUT2D eigenvalue weighted by molar-refractivity contribution is 7.61. The van der Waals surface area contributed by atoms with E-state index in [0.29, 0.717) is 11.1 Å². The SMILES string of the molecule is O=P(Nc1nc(Cl)cc(N2CC2)n1)(N1CC1)N1CC1. The van der Waals surface area contributed by atoms with E-state index in [4.69, 9.17) is 11.6 Å². The van der Waals surface area contributed by atoms with Crippen molar-refractivity contribution in [3.63, 3.8) is 0 Å². The Kier molecular flexibility index (Phi) is 2.54. The van der Waals surface area contributed by atoms with Crippen LogP contribution in [0, 0.1) is 0 Å². The predicted octanol–water partition coefficient (Wildman–Crippen LogP) is 1.10. The van der Waals surface area contributed by atoms with Gasteiger partial charge in [0.1, 0.15) is 11.0 Å². The van der Waals surface area contributed by atoms with E-state index in [1.54, 1.807) is 6.07 Å². The molecule has 1 N–H and O–H groups in total. The summed E-state index contributed by atoms with van der Waals surface area (Å²) in [6, 6.07) is 1.74. The Morgan fingerprint density at radius 3 is 2.26 bits per heavy atom. The average Bonchev–Trinajstić information content (AvgIpc) is 3.28. The van der Waals surface area contributed by atoms with E-state index >= 15 is 0 Å². The largest absolute Gasteiger partial charge is 0.353 e. The van der Waals surface area contributed by atoms with Crippen LogP contribution in [0.15, 0.2) is 6.07 Å². The topological polar surface area (TPSA) is 63.9 Å². The first-order chi connectivity index (χ1) is 9.15. The van der Waals surface area contributed by atoms with Gasteiger partial charge in [0.15, 0.2) is 0 Å². The standard InChI is InChI=1S/C10H14ClN6OP/c11-8-7-9(15-1-2-15)13-10(12-8)14-19(18,16-3-4-16)17-5-6-17/h7H,1-6H2,(H,12,13,14,18). The second-order valence-electron chi connectivity index (χ2n) is 4.92. The summed E-state index contributed by atoms with van der Waals surface area (Å²) in [4.78, 5) is 10.6. The number of aromatic nitrogens is 2. The fourth-order valence-corrected chi connectivity index (χ4v) is 4.42. The third-order valence-electron chi connectivity index (χ3n) is 3.31. The van der Waals surface area contributed by atoms with Crippen molar-refractivity contribution >= 4 is 31.0 Å². The summed E-state index contributed by atoms with van der Waals surface area (Å²) < 4.78 is 16.8. The van der Waals surface area contributed by atoms with Gasteiger partial charge in [-0.3, -0.25) is 9.65 Å². The van der Waals surface area contributed by atoms with Crippen molar-refractivity contribution in [1.82, 2.24) is 19.3 Å². The summed E-state index contributed by atoms with van der Waals surface area (Å²) in [6.07, 6.45) is 0. The normalized spacial score (nSPS) is 22.5. The number of rotatable bonds is 5. The summed E-state index contributed by atoms with van der Waals surface area (Å²) >= 11 is 6.01. The van der Waals surface area contributed by atoms with Crippen molar-refractivity contribution in [3.8, 4) is 0 Å². The highest BCUT2D eigenvalue weighted by atomic mass is 35.5. The number of hydrogen-bond acceptors (Lipinski definition) is 4. The molecule has 0 unspecified atom stereocenters. The highest BCUT2D eigenvalue weighted by Gasteiger charge is 2.48. The van der Waals surface area contributed by atoms with Gasteiger partial charge in [0, 0.05) is 45.3 Å². The first-order valence-electron chi connectivity index (χ1n) is 6.34. The van der Waals surface area contributed by atoms with Crippen LogP contribution in [-0.4, -0.2) is 58.6 Å². The predicted molar refractivity (Wildman–Crippen MR) is 73.6 cm³/mol. The van der Waals surface area contributed by atoms with Crippen molar-refractivity contribution < 1.29 is 4.57 Å². The first kappa shape index (κ1) is 11.9. The van der Waals surface area contributed by atoms with Crippen LogP contribution in [0.1, 0.15) is 0 Å². The molecule has 19 heavy (non-hydrogen) atoms. The van der Waals surface area contributed by atoms with Crippen molar-refractivity contribution in [3.05, 3.63) is 11.2 Å². The minimum Gasteiger partial charge on any atom is -0.353 e.